The lowest BCUT2D eigenvalue weighted by Gasteiger charge is -2.01. The highest BCUT2D eigenvalue weighted by atomic mass is 32.2. The number of nitrogens with one attached hydrogen (secondary N) is 1. The van der Waals surface area contributed by atoms with Crippen LogP contribution in [0.1, 0.15) is 0 Å². The molecular weight excluding hydrogens is 258 g/mol. The quantitative estimate of drug-likeness (QED) is 0.394. The van der Waals surface area contributed by atoms with Crippen LogP contribution in [0.2, 0.25) is 0 Å². The van der Waals surface area contributed by atoms with E-state index in [0.29, 0.717) is 5.17 Å². The average Bonchev–Trinajstić information content (AvgIpc) is 2.86. The Balaban J connectivity index is 2.21. The lowest BCUT2D eigenvalue weighted by molar-refractivity contribution is 0.768. The van der Waals surface area contributed by atoms with E-state index < -0.39 is 0 Å². The van der Waals surface area contributed by atoms with Crippen LogP contribution in [0.3, 0.4) is 0 Å². The second-order valence-electron chi connectivity index (χ2n) is 3.81. The number of hydrogen-bond acceptors (Lipinski definition) is 4. The Hall–Kier alpha value is -2.26. The first kappa shape index (κ1) is 13.2. The molecule has 1 aromatic heterocycles. The maximum Gasteiger partial charge on any atom is 0.183 e. The predicted molar refractivity (Wildman–Crippen MR) is 78.0 cm³/mol. The fourth-order valence-corrected chi connectivity index (χ4v) is 1.93. The van der Waals surface area contributed by atoms with E-state index in [1.807, 2.05) is 56.2 Å². The van der Waals surface area contributed by atoms with Crippen molar-refractivity contribution in [2.75, 3.05) is 6.26 Å². The Labute approximate surface area is 116 Å². The van der Waals surface area contributed by atoms with Crippen molar-refractivity contribution in [3.63, 3.8) is 0 Å². The fourth-order valence-electron chi connectivity index (χ4n) is 1.59. The molecule has 0 atom stereocenters. The topological polar surface area (TPSA) is 66.0 Å². The maximum atomic E-state index is 8.58. The average molecular weight is 271 g/mol. The molecule has 1 aromatic carbocycles. The van der Waals surface area contributed by atoms with Crippen molar-refractivity contribution in [2.24, 2.45) is 12.0 Å². The van der Waals surface area contributed by atoms with Gasteiger partial charge in [0.1, 0.15) is 0 Å². The van der Waals surface area contributed by atoms with Gasteiger partial charge in [-0.25, -0.2) is 4.99 Å². The molecule has 1 N–H and O–H groups in total. The molecule has 2 rings (SSSR count). The molecule has 19 heavy (non-hydrogen) atoms. The van der Waals surface area contributed by atoms with Crippen molar-refractivity contribution in [1.29, 1.82) is 5.26 Å². The van der Waals surface area contributed by atoms with E-state index in [2.05, 4.69) is 15.4 Å². The molecule has 1 heterocycles. The molecule has 0 fully saturated rings. The number of rotatable bonds is 2. The zero-order valence-electron chi connectivity index (χ0n) is 10.7. The van der Waals surface area contributed by atoms with Crippen molar-refractivity contribution in [3.05, 3.63) is 36.7 Å². The highest BCUT2D eigenvalue weighted by Crippen LogP contribution is 2.22. The second kappa shape index (κ2) is 6.07. The van der Waals surface area contributed by atoms with Gasteiger partial charge in [0.05, 0.1) is 11.9 Å². The zero-order chi connectivity index (χ0) is 13.7. The van der Waals surface area contributed by atoms with E-state index in [1.54, 1.807) is 4.68 Å². The highest BCUT2D eigenvalue weighted by Gasteiger charge is 2.01. The smallest absolute Gasteiger partial charge is 0.183 e. The molecule has 0 aliphatic carbocycles. The largest absolute Gasteiger partial charge is 0.275 e. The van der Waals surface area contributed by atoms with Gasteiger partial charge in [-0.05, 0) is 24.0 Å². The third kappa shape index (κ3) is 3.36. The molecule has 0 radical (unpaired) electrons. The number of nitrogens with zero attached hydrogens (tertiary/aromatic N) is 4. The summed E-state index contributed by atoms with van der Waals surface area (Å²) in [5.74, 6) is 0. The zero-order valence-corrected chi connectivity index (χ0v) is 11.5. The number of nitriles is 1. The summed E-state index contributed by atoms with van der Waals surface area (Å²) < 4.78 is 1.77. The number of aromatic nitrogens is 2. The first-order valence-corrected chi connectivity index (χ1v) is 6.82. The summed E-state index contributed by atoms with van der Waals surface area (Å²) in [6, 6.07) is 7.80. The molecule has 0 aliphatic heterocycles. The third-order valence-electron chi connectivity index (χ3n) is 2.49. The van der Waals surface area contributed by atoms with E-state index in [1.165, 1.54) is 11.8 Å². The summed E-state index contributed by atoms with van der Waals surface area (Å²) in [5, 5.41) is 15.8. The first-order valence-electron chi connectivity index (χ1n) is 5.60. The molecule has 0 saturated carbocycles. The van der Waals surface area contributed by atoms with Gasteiger partial charge < -0.3 is 0 Å². The van der Waals surface area contributed by atoms with Gasteiger partial charge in [0.25, 0.3) is 0 Å². The number of hydrogen-bond donors (Lipinski definition) is 1. The molecule has 2 aromatic rings. The standard InChI is InChI=1S/C13H13N5S/c1-18-8-11(7-16-18)10-3-5-12(6-4-10)17-13(19-2)15-9-14/h3-8H,1-2H3,(H,15,17). The minimum absolute atomic E-state index is 0.580. The van der Waals surface area contributed by atoms with Gasteiger partial charge in [-0.3, -0.25) is 10.00 Å². The predicted octanol–water partition coefficient (Wildman–Crippen LogP) is 2.51. The molecule has 0 saturated heterocycles. The van der Waals surface area contributed by atoms with Crippen LogP contribution < -0.4 is 5.32 Å². The second-order valence-corrected chi connectivity index (χ2v) is 4.60. The summed E-state index contributed by atoms with van der Waals surface area (Å²) in [6.07, 6.45) is 7.52. The number of aliphatic imine (C=N–C) groups is 1. The first-order chi connectivity index (χ1) is 9.22. The monoisotopic (exact) mass is 271 g/mol. The summed E-state index contributed by atoms with van der Waals surface area (Å²) in [6.45, 7) is 0. The SMILES string of the molecule is CSC(=Nc1ccc(-c2cnn(C)c2)cc1)NC#N. The van der Waals surface area contributed by atoms with Crippen molar-refractivity contribution in [3.8, 4) is 17.3 Å². The third-order valence-corrected chi connectivity index (χ3v) is 3.07. The summed E-state index contributed by atoms with van der Waals surface area (Å²) in [4.78, 5) is 4.33. The number of thioether (sulfide) groups is 1. The van der Waals surface area contributed by atoms with Crippen molar-refractivity contribution >= 4 is 22.6 Å². The number of aryl methyl sites for hydroxylation is 1. The molecule has 0 aliphatic rings. The van der Waals surface area contributed by atoms with Crippen molar-refractivity contribution in [2.45, 2.75) is 0 Å². The Morgan fingerprint density at radius 2 is 2.11 bits per heavy atom. The lowest BCUT2D eigenvalue weighted by Crippen LogP contribution is -2.12. The van der Waals surface area contributed by atoms with Crippen LogP contribution in [-0.4, -0.2) is 21.2 Å². The summed E-state index contributed by atoms with van der Waals surface area (Å²) in [5.41, 5.74) is 2.96. The van der Waals surface area contributed by atoms with Gasteiger partial charge in [-0.1, -0.05) is 23.9 Å². The highest BCUT2D eigenvalue weighted by molar-refractivity contribution is 8.13. The number of benzene rings is 1. The van der Waals surface area contributed by atoms with Crippen LogP contribution >= 0.6 is 11.8 Å². The van der Waals surface area contributed by atoms with Crippen molar-refractivity contribution < 1.29 is 0 Å². The molecule has 0 bridgehead atoms. The molecule has 6 heteroatoms. The Kier molecular flexibility index (Phi) is 4.21. The van der Waals surface area contributed by atoms with Crippen LogP contribution in [0.25, 0.3) is 11.1 Å². The van der Waals surface area contributed by atoms with Gasteiger partial charge in [0.15, 0.2) is 11.4 Å². The maximum absolute atomic E-state index is 8.58. The molecule has 5 nitrogen and oxygen atoms in total. The van der Waals surface area contributed by atoms with E-state index in [9.17, 15) is 0 Å². The molecule has 0 amide bonds. The van der Waals surface area contributed by atoms with Crippen LogP contribution in [0, 0.1) is 11.5 Å². The Morgan fingerprint density at radius 1 is 1.37 bits per heavy atom. The normalized spacial score (nSPS) is 11.1. The van der Waals surface area contributed by atoms with Gasteiger partial charge in [0, 0.05) is 18.8 Å². The van der Waals surface area contributed by atoms with Gasteiger partial charge in [0.2, 0.25) is 0 Å². The van der Waals surface area contributed by atoms with Gasteiger partial charge >= 0.3 is 0 Å². The van der Waals surface area contributed by atoms with Gasteiger partial charge in [-0.15, -0.1) is 0 Å². The minimum Gasteiger partial charge on any atom is -0.275 e. The van der Waals surface area contributed by atoms with Gasteiger partial charge in [-0.2, -0.15) is 10.4 Å². The van der Waals surface area contributed by atoms with E-state index in [-0.39, 0.29) is 0 Å². The molecular formula is C13H13N5S. The van der Waals surface area contributed by atoms with Crippen LogP contribution in [0.4, 0.5) is 5.69 Å². The Bertz CT molecular complexity index is 621. The molecule has 0 spiro atoms. The van der Waals surface area contributed by atoms with Crippen LogP contribution in [-0.2, 0) is 7.05 Å². The minimum atomic E-state index is 0.580. The van der Waals surface area contributed by atoms with E-state index >= 15 is 0 Å². The van der Waals surface area contributed by atoms with Crippen molar-refractivity contribution in [1.82, 2.24) is 15.1 Å². The van der Waals surface area contributed by atoms with E-state index in [4.69, 9.17) is 5.26 Å². The lowest BCUT2D eigenvalue weighted by atomic mass is 10.1. The van der Waals surface area contributed by atoms with Crippen LogP contribution in [0.5, 0.6) is 0 Å². The molecule has 0 unspecified atom stereocenters. The fraction of sp³-hybridized carbons (Fsp3) is 0.154. The Morgan fingerprint density at radius 3 is 2.63 bits per heavy atom. The number of amidine groups is 1. The molecule has 96 valence electrons. The summed E-state index contributed by atoms with van der Waals surface area (Å²) >= 11 is 1.40. The van der Waals surface area contributed by atoms with E-state index in [0.717, 1.165) is 16.8 Å². The summed E-state index contributed by atoms with van der Waals surface area (Å²) in [7, 11) is 1.89. The van der Waals surface area contributed by atoms with Crippen LogP contribution in [0.15, 0.2) is 41.7 Å².